The summed E-state index contributed by atoms with van der Waals surface area (Å²) in [5.41, 5.74) is 6.67. The lowest BCUT2D eigenvalue weighted by Gasteiger charge is -2.10. The van der Waals surface area contributed by atoms with Gasteiger partial charge < -0.3 is 29.4 Å². The second kappa shape index (κ2) is 12.7. The van der Waals surface area contributed by atoms with E-state index in [0.717, 1.165) is 11.3 Å². The van der Waals surface area contributed by atoms with E-state index < -0.39 is 12.0 Å². The van der Waals surface area contributed by atoms with E-state index in [1.165, 1.54) is 7.11 Å². The van der Waals surface area contributed by atoms with Crippen LogP contribution in [-0.4, -0.2) is 65.9 Å². The second-order valence-corrected chi connectivity index (χ2v) is 5.04. The molecule has 7 heteroatoms. The van der Waals surface area contributed by atoms with Crippen LogP contribution < -0.4 is 10.5 Å². The van der Waals surface area contributed by atoms with Crippen LogP contribution in [0.15, 0.2) is 24.3 Å². The molecule has 0 bridgehead atoms. The third-order valence-corrected chi connectivity index (χ3v) is 3.18. The highest BCUT2D eigenvalue weighted by Gasteiger charge is 2.13. The molecule has 0 spiro atoms. The molecule has 0 fully saturated rings. The van der Waals surface area contributed by atoms with Crippen molar-refractivity contribution >= 4 is 5.97 Å². The van der Waals surface area contributed by atoms with E-state index in [9.17, 15) is 4.79 Å². The molecule has 0 saturated heterocycles. The number of esters is 1. The van der Waals surface area contributed by atoms with Crippen molar-refractivity contribution in [2.24, 2.45) is 5.73 Å². The van der Waals surface area contributed by atoms with Crippen LogP contribution in [0.3, 0.4) is 0 Å². The summed E-state index contributed by atoms with van der Waals surface area (Å²) in [4.78, 5) is 11.3. The predicted octanol–water partition coefficient (Wildman–Crippen LogP) is 0.788. The monoisotopic (exact) mass is 341 g/mol. The lowest BCUT2D eigenvalue weighted by molar-refractivity contribution is -0.142. The molecule has 0 amide bonds. The topological polar surface area (TPSA) is 89.2 Å². The molecule has 0 unspecified atom stereocenters. The van der Waals surface area contributed by atoms with Gasteiger partial charge >= 0.3 is 5.97 Å². The van der Waals surface area contributed by atoms with Crippen LogP contribution in [0.2, 0.25) is 0 Å². The Hall–Kier alpha value is -1.67. The van der Waals surface area contributed by atoms with Gasteiger partial charge in [-0.05, 0) is 24.1 Å². The normalized spacial score (nSPS) is 12.0. The molecule has 1 atom stereocenters. The van der Waals surface area contributed by atoms with Gasteiger partial charge in [-0.2, -0.15) is 0 Å². The van der Waals surface area contributed by atoms with Crippen molar-refractivity contribution in [1.82, 2.24) is 0 Å². The van der Waals surface area contributed by atoms with Gasteiger partial charge in [0.25, 0.3) is 0 Å². The molecule has 0 radical (unpaired) electrons. The highest BCUT2D eigenvalue weighted by atomic mass is 16.6. The number of hydrogen-bond acceptors (Lipinski definition) is 7. The van der Waals surface area contributed by atoms with Crippen LogP contribution in [0.5, 0.6) is 5.75 Å². The van der Waals surface area contributed by atoms with Crippen LogP contribution in [-0.2, 0) is 30.2 Å². The largest absolute Gasteiger partial charge is 0.491 e. The lowest BCUT2D eigenvalue weighted by atomic mass is 10.1. The maximum atomic E-state index is 11.3. The molecular formula is C17H27NO6. The van der Waals surface area contributed by atoms with E-state index in [-0.39, 0.29) is 0 Å². The highest BCUT2D eigenvalue weighted by Crippen LogP contribution is 2.13. The summed E-state index contributed by atoms with van der Waals surface area (Å²) in [6.07, 6.45) is 0.430. The summed E-state index contributed by atoms with van der Waals surface area (Å²) in [5.74, 6) is 0.323. The minimum absolute atomic E-state index is 0.418. The Bertz CT molecular complexity index is 451. The number of benzene rings is 1. The first-order valence-corrected chi connectivity index (χ1v) is 7.87. The lowest BCUT2D eigenvalue weighted by Crippen LogP contribution is -2.33. The smallest absolute Gasteiger partial charge is 0.322 e. The van der Waals surface area contributed by atoms with Crippen molar-refractivity contribution in [2.45, 2.75) is 12.5 Å². The molecular weight excluding hydrogens is 314 g/mol. The van der Waals surface area contributed by atoms with Gasteiger partial charge in [-0.25, -0.2) is 0 Å². The summed E-state index contributed by atoms with van der Waals surface area (Å²) in [6.45, 7) is 3.17. The van der Waals surface area contributed by atoms with Gasteiger partial charge in [0.15, 0.2) is 0 Å². The van der Waals surface area contributed by atoms with Crippen LogP contribution >= 0.6 is 0 Å². The number of ether oxygens (including phenoxy) is 5. The summed E-state index contributed by atoms with van der Waals surface area (Å²) < 4.78 is 25.7. The van der Waals surface area contributed by atoms with Gasteiger partial charge in [0.1, 0.15) is 18.4 Å². The average Bonchev–Trinajstić information content (AvgIpc) is 2.61. The van der Waals surface area contributed by atoms with Gasteiger partial charge in [0, 0.05) is 7.11 Å². The summed E-state index contributed by atoms with van der Waals surface area (Å²) >= 11 is 0. The van der Waals surface area contributed by atoms with E-state index >= 15 is 0 Å². The zero-order valence-electron chi connectivity index (χ0n) is 14.4. The third kappa shape index (κ3) is 8.83. The molecule has 1 aromatic rings. The molecule has 0 saturated carbocycles. The Morgan fingerprint density at radius 2 is 1.54 bits per heavy atom. The zero-order valence-corrected chi connectivity index (χ0v) is 14.4. The van der Waals surface area contributed by atoms with Crippen LogP contribution in [0, 0.1) is 0 Å². The van der Waals surface area contributed by atoms with Crippen molar-refractivity contribution in [1.29, 1.82) is 0 Å². The number of carbonyl (C=O) groups is 1. The van der Waals surface area contributed by atoms with E-state index in [2.05, 4.69) is 4.74 Å². The fraction of sp³-hybridized carbons (Fsp3) is 0.588. The summed E-state index contributed by atoms with van der Waals surface area (Å²) in [5, 5.41) is 0. The molecule has 136 valence electrons. The zero-order chi connectivity index (χ0) is 17.6. The minimum atomic E-state index is -0.652. The first-order valence-electron chi connectivity index (χ1n) is 7.87. The highest BCUT2D eigenvalue weighted by molar-refractivity contribution is 5.75. The first kappa shape index (κ1) is 20.4. The van der Waals surface area contributed by atoms with Crippen molar-refractivity contribution in [2.75, 3.05) is 53.9 Å². The second-order valence-electron chi connectivity index (χ2n) is 5.04. The standard InChI is InChI=1S/C17H27NO6/c1-20-7-8-22-9-10-23-11-12-24-15-5-3-14(4-6-15)13-16(18)17(19)21-2/h3-6,16H,7-13,18H2,1-2H3/t16-/m0/s1. The molecule has 0 aliphatic heterocycles. The molecule has 7 nitrogen and oxygen atoms in total. The molecule has 0 aliphatic carbocycles. The average molecular weight is 341 g/mol. The van der Waals surface area contributed by atoms with Crippen molar-refractivity contribution < 1.29 is 28.5 Å². The number of carbonyl (C=O) groups excluding carboxylic acids is 1. The van der Waals surface area contributed by atoms with Crippen molar-refractivity contribution in [3.63, 3.8) is 0 Å². The van der Waals surface area contributed by atoms with Crippen molar-refractivity contribution in [3.05, 3.63) is 29.8 Å². The molecule has 0 heterocycles. The van der Waals surface area contributed by atoms with Crippen LogP contribution in [0.1, 0.15) is 5.56 Å². The van der Waals surface area contributed by atoms with Gasteiger partial charge in [0.05, 0.1) is 40.1 Å². The molecule has 1 aromatic carbocycles. The maximum Gasteiger partial charge on any atom is 0.322 e. The Morgan fingerprint density at radius 1 is 0.958 bits per heavy atom. The Kier molecular flexibility index (Phi) is 10.8. The third-order valence-electron chi connectivity index (χ3n) is 3.18. The number of nitrogens with two attached hydrogens (primary N) is 1. The molecule has 24 heavy (non-hydrogen) atoms. The fourth-order valence-corrected chi connectivity index (χ4v) is 1.89. The Labute approximate surface area is 143 Å². The van der Waals surface area contributed by atoms with E-state index in [1.54, 1.807) is 7.11 Å². The summed E-state index contributed by atoms with van der Waals surface area (Å²) in [7, 11) is 2.96. The van der Waals surface area contributed by atoms with Gasteiger partial charge in [-0.15, -0.1) is 0 Å². The van der Waals surface area contributed by atoms with Crippen LogP contribution in [0.4, 0.5) is 0 Å². The molecule has 0 aromatic heterocycles. The maximum absolute atomic E-state index is 11.3. The summed E-state index contributed by atoms with van der Waals surface area (Å²) in [6, 6.07) is 6.78. The number of methoxy groups -OCH3 is 2. The van der Waals surface area contributed by atoms with Gasteiger partial charge in [0.2, 0.25) is 0 Å². The van der Waals surface area contributed by atoms with Gasteiger partial charge in [-0.3, -0.25) is 4.79 Å². The predicted molar refractivity (Wildman–Crippen MR) is 89.1 cm³/mol. The first-order chi connectivity index (χ1) is 11.7. The van der Waals surface area contributed by atoms with E-state index in [1.807, 2.05) is 24.3 Å². The molecule has 0 aliphatic rings. The van der Waals surface area contributed by atoms with E-state index in [4.69, 9.17) is 24.7 Å². The fourth-order valence-electron chi connectivity index (χ4n) is 1.89. The molecule has 1 rings (SSSR count). The quantitative estimate of drug-likeness (QED) is 0.419. The minimum Gasteiger partial charge on any atom is -0.491 e. The van der Waals surface area contributed by atoms with Gasteiger partial charge in [-0.1, -0.05) is 12.1 Å². The van der Waals surface area contributed by atoms with E-state index in [0.29, 0.717) is 46.1 Å². The molecule has 2 N–H and O–H groups in total. The SMILES string of the molecule is COCCOCCOCCOc1ccc(C[C@H](N)C(=O)OC)cc1. The Morgan fingerprint density at radius 3 is 2.12 bits per heavy atom. The Balaban J connectivity index is 2.13. The number of rotatable bonds is 13. The van der Waals surface area contributed by atoms with Crippen molar-refractivity contribution in [3.8, 4) is 5.75 Å². The van der Waals surface area contributed by atoms with Crippen LogP contribution in [0.25, 0.3) is 0 Å². The number of hydrogen-bond donors (Lipinski definition) is 1.